The molecule has 6 heteroatoms. The van der Waals surface area contributed by atoms with Gasteiger partial charge in [0, 0.05) is 18.8 Å². The predicted molar refractivity (Wildman–Crippen MR) is 97.4 cm³/mol. The minimum absolute atomic E-state index is 0.170. The summed E-state index contributed by atoms with van der Waals surface area (Å²) in [6, 6.07) is 7.59. The lowest BCUT2D eigenvalue weighted by atomic mass is 10.1. The van der Waals surface area contributed by atoms with Crippen LogP contribution in [0.3, 0.4) is 0 Å². The zero-order valence-corrected chi connectivity index (χ0v) is 15.9. The van der Waals surface area contributed by atoms with E-state index >= 15 is 0 Å². The van der Waals surface area contributed by atoms with Gasteiger partial charge in [0.05, 0.1) is 11.4 Å². The number of hydrogen-bond acceptors (Lipinski definition) is 4. The summed E-state index contributed by atoms with van der Waals surface area (Å²) in [4.78, 5) is 4.66. The average molecular weight is 360 g/mol. The maximum atomic E-state index is 13.1. The van der Waals surface area contributed by atoms with Crippen molar-refractivity contribution in [1.29, 1.82) is 0 Å². The molecule has 1 aliphatic heterocycles. The van der Waals surface area contributed by atoms with Gasteiger partial charge in [0.1, 0.15) is 6.10 Å². The van der Waals surface area contributed by atoms with Crippen molar-refractivity contribution in [2.75, 3.05) is 13.1 Å². The number of pyridine rings is 1. The van der Waals surface area contributed by atoms with Gasteiger partial charge in [0.25, 0.3) is 0 Å². The first-order valence-corrected chi connectivity index (χ1v) is 9.88. The lowest BCUT2D eigenvalue weighted by Gasteiger charge is -2.20. The Hall–Kier alpha value is -1.92. The quantitative estimate of drug-likeness (QED) is 0.840. The van der Waals surface area contributed by atoms with E-state index in [0.717, 1.165) is 22.3 Å². The molecule has 0 spiro atoms. The van der Waals surface area contributed by atoms with Crippen LogP contribution in [0.1, 0.15) is 28.7 Å². The number of benzene rings is 1. The molecule has 134 valence electrons. The van der Waals surface area contributed by atoms with Gasteiger partial charge >= 0.3 is 0 Å². The topological polar surface area (TPSA) is 59.5 Å². The molecule has 2 aromatic rings. The molecule has 1 atom stereocenters. The molecule has 0 amide bonds. The maximum Gasteiger partial charge on any atom is 0.243 e. The highest BCUT2D eigenvalue weighted by Crippen LogP contribution is 2.28. The van der Waals surface area contributed by atoms with Gasteiger partial charge in [-0.3, -0.25) is 0 Å². The molecule has 1 saturated heterocycles. The summed E-state index contributed by atoms with van der Waals surface area (Å²) in [6.07, 6.45) is 2.24. The molecule has 3 rings (SSSR count). The lowest BCUT2D eigenvalue weighted by molar-refractivity contribution is 0.207. The van der Waals surface area contributed by atoms with Gasteiger partial charge in [-0.2, -0.15) is 4.31 Å². The normalized spacial score (nSPS) is 18.5. The van der Waals surface area contributed by atoms with Crippen molar-refractivity contribution in [2.45, 2.75) is 45.1 Å². The standard InChI is InChI=1S/C19H24N2O3S/c1-13-5-6-18(20-11-13)24-17-7-8-21(12-17)25(22,23)19-15(3)9-14(2)10-16(19)4/h5-6,9-11,17H,7-8,12H2,1-4H3. The Balaban J connectivity index is 1.78. The average Bonchev–Trinajstić information content (AvgIpc) is 2.97. The number of hydrogen-bond donors (Lipinski definition) is 0. The van der Waals surface area contributed by atoms with Crippen LogP contribution in [0.5, 0.6) is 5.88 Å². The molecular formula is C19H24N2O3S. The lowest BCUT2D eigenvalue weighted by Crippen LogP contribution is -2.32. The van der Waals surface area contributed by atoms with E-state index in [1.54, 1.807) is 6.20 Å². The second-order valence-corrected chi connectivity index (χ2v) is 8.67. The number of ether oxygens (including phenoxy) is 1. The molecule has 0 saturated carbocycles. The largest absolute Gasteiger partial charge is 0.473 e. The molecule has 1 aromatic carbocycles. The van der Waals surface area contributed by atoms with E-state index in [2.05, 4.69) is 4.98 Å². The molecule has 1 unspecified atom stereocenters. The van der Waals surface area contributed by atoms with Crippen molar-refractivity contribution >= 4 is 10.0 Å². The van der Waals surface area contributed by atoms with Crippen LogP contribution in [0, 0.1) is 27.7 Å². The first-order chi connectivity index (χ1) is 11.8. The molecule has 1 aliphatic rings. The van der Waals surface area contributed by atoms with E-state index in [1.165, 1.54) is 4.31 Å². The number of aromatic nitrogens is 1. The Morgan fingerprint density at radius 2 is 1.76 bits per heavy atom. The van der Waals surface area contributed by atoms with Crippen molar-refractivity contribution in [3.8, 4) is 5.88 Å². The molecule has 0 aliphatic carbocycles. The molecular weight excluding hydrogens is 336 g/mol. The van der Waals surface area contributed by atoms with Gasteiger partial charge in [0.15, 0.2) is 0 Å². The van der Waals surface area contributed by atoms with Crippen LogP contribution in [0.25, 0.3) is 0 Å². The fourth-order valence-electron chi connectivity index (χ4n) is 3.41. The second-order valence-electron chi connectivity index (χ2n) is 6.79. The zero-order valence-electron chi connectivity index (χ0n) is 15.1. The number of rotatable bonds is 4. The summed E-state index contributed by atoms with van der Waals surface area (Å²) >= 11 is 0. The summed E-state index contributed by atoms with van der Waals surface area (Å²) < 4.78 is 33.5. The minimum atomic E-state index is -3.52. The molecule has 1 aromatic heterocycles. The van der Waals surface area contributed by atoms with Crippen LogP contribution in [0.4, 0.5) is 0 Å². The predicted octanol–water partition coefficient (Wildman–Crippen LogP) is 3.16. The molecule has 0 bridgehead atoms. The molecule has 0 N–H and O–H groups in total. The van der Waals surface area contributed by atoms with Crippen molar-refractivity contribution in [1.82, 2.24) is 9.29 Å². The summed E-state index contributed by atoms with van der Waals surface area (Å²) in [5.41, 5.74) is 3.72. The smallest absolute Gasteiger partial charge is 0.243 e. The monoisotopic (exact) mass is 360 g/mol. The van der Waals surface area contributed by atoms with Crippen LogP contribution >= 0.6 is 0 Å². The van der Waals surface area contributed by atoms with E-state index in [9.17, 15) is 8.42 Å². The van der Waals surface area contributed by atoms with Gasteiger partial charge in [-0.25, -0.2) is 13.4 Å². The highest BCUT2D eigenvalue weighted by atomic mass is 32.2. The number of aryl methyl sites for hydroxylation is 4. The van der Waals surface area contributed by atoms with Crippen LogP contribution < -0.4 is 4.74 Å². The summed E-state index contributed by atoms with van der Waals surface area (Å²) in [6.45, 7) is 8.47. The third-order valence-corrected chi connectivity index (χ3v) is 6.65. The highest BCUT2D eigenvalue weighted by Gasteiger charge is 2.35. The Morgan fingerprint density at radius 3 is 2.36 bits per heavy atom. The number of nitrogens with zero attached hydrogens (tertiary/aromatic N) is 2. The zero-order chi connectivity index (χ0) is 18.2. The van der Waals surface area contributed by atoms with Gasteiger partial charge in [0.2, 0.25) is 15.9 Å². The first-order valence-electron chi connectivity index (χ1n) is 8.44. The van der Waals surface area contributed by atoms with Crippen molar-refractivity contribution in [3.63, 3.8) is 0 Å². The first kappa shape index (κ1) is 17.9. The van der Waals surface area contributed by atoms with Crippen LogP contribution in [-0.2, 0) is 10.0 Å². The summed E-state index contributed by atoms with van der Waals surface area (Å²) in [5.74, 6) is 0.539. The SMILES string of the molecule is Cc1ccc(OC2CCN(S(=O)(=O)c3c(C)cc(C)cc3C)C2)nc1. The third kappa shape index (κ3) is 3.70. The van der Waals surface area contributed by atoms with E-state index in [1.807, 2.05) is 52.0 Å². The summed E-state index contributed by atoms with van der Waals surface area (Å²) in [7, 11) is -3.52. The van der Waals surface area contributed by atoms with Crippen molar-refractivity contribution in [3.05, 3.63) is 52.7 Å². The van der Waals surface area contributed by atoms with E-state index < -0.39 is 10.0 Å². The molecule has 1 fully saturated rings. The van der Waals surface area contributed by atoms with Gasteiger partial charge in [-0.1, -0.05) is 23.8 Å². The van der Waals surface area contributed by atoms with Crippen LogP contribution in [0.2, 0.25) is 0 Å². The highest BCUT2D eigenvalue weighted by molar-refractivity contribution is 7.89. The van der Waals surface area contributed by atoms with Gasteiger partial charge in [-0.05, 0) is 50.8 Å². The Morgan fingerprint density at radius 1 is 1.08 bits per heavy atom. The fraction of sp³-hybridized carbons (Fsp3) is 0.421. The van der Waals surface area contributed by atoms with E-state index in [-0.39, 0.29) is 6.10 Å². The second kappa shape index (κ2) is 6.77. The molecule has 0 radical (unpaired) electrons. The molecule has 5 nitrogen and oxygen atoms in total. The third-order valence-electron chi connectivity index (χ3n) is 4.48. The Labute approximate surface area is 149 Å². The van der Waals surface area contributed by atoms with Gasteiger partial charge < -0.3 is 4.74 Å². The van der Waals surface area contributed by atoms with Gasteiger partial charge in [-0.15, -0.1) is 0 Å². The Kier molecular flexibility index (Phi) is 4.84. The minimum Gasteiger partial charge on any atom is -0.473 e. The summed E-state index contributed by atoms with van der Waals surface area (Å²) in [5, 5.41) is 0. The van der Waals surface area contributed by atoms with Crippen molar-refractivity contribution < 1.29 is 13.2 Å². The Bertz CT molecular complexity index is 853. The van der Waals surface area contributed by atoms with E-state index in [0.29, 0.717) is 30.3 Å². The fourth-order valence-corrected chi connectivity index (χ4v) is 5.31. The van der Waals surface area contributed by atoms with Crippen molar-refractivity contribution in [2.24, 2.45) is 0 Å². The van der Waals surface area contributed by atoms with Crippen LogP contribution in [-0.4, -0.2) is 36.9 Å². The van der Waals surface area contributed by atoms with E-state index in [4.69, 9.17) is 4.74 Å². The number of sulfonamides is 1. The maximum absolute atomic E-state index is 13.1. The van der Waals surface area contributed by atoms with Crippen LogP contribution in [0.15, 0.2) is 35.4 Å². The molecule has 2 heterocycles. The molecule has 25 heavy (non-hydrogen) atoms.